The fourth-order valence-corrected chi connectivity index (χ4v) is 3.87. The number of rotatable bonds is 6. The third kappa shape index (κ3) is 3.90. The summed E-state index contributed by atoms with van der Waals surface area (Å²) in [6, 6.07) is 2.74. The maximum atomic E-state index is 12.7. The van der Waals surface area contributed by atoms with E-state index in [4.69, 9.17) is 9.47 Å². The first-order chi connectivity index (χ1) is 10.4. The van der Waals surface area contributed by atoms with Crippen molar-refractivity contribution in [3.63, 3.8) is 0 Å². The molecule has 0 N–H and O–H groups in total. The molecule has 124 valence electrons. The Balaban J connectivity index is 2.25. The van der Waals surface area contributed by atoms with Crippen LogP contribution in [0.4, 0.5) is 8.78 Å². The Morgan fingerprint density at radius 2 is 2.27 bits per heavy atom. The van der Waals surface area contributed by atoms with Crippen molar-refractivity contribution in [2.75, 3.05) is 26.8 Å². The van der Waals surface area contributed by atoms with Crippen LogP contribution in [0.3, 0.4) is 0 Å². The van der Waals surface area contributed by atoms with Crippen molar-refractivity contribution in [2.45, 2.75) is 30.3 Å². The van der Waals surface area contributed by atoms with Gasteiger partial charge in [0.2, 0.25) is 15.9 Å². The molecule has 1 aliphatic heterocycles. The second-order valence-corrected chi connectivity index (χ2v) is 6.78. The van der Waals surface area contributed by atoms with Gasteiger partial charge in [-0.15, -0.1) is 0 Å². The summed E-state index contributed by atoms with van der Waals surface area (Å²) in [6.45, 7) is -0.326. The van der Waals surface area contributed by atoms with Crippen LogP contribution in [0.25, 0.3) is 0 Å². The third-order valence-corrected chi connectivity index (χ3v) is 5.25. The lowest BCUT2D eigenvalue weighted by Gasteiger charge is -2.31. The Labute approximate surface area is 128 Å². The van der Waals surface area contributed by atoms with Gasteiger partial charge in [-0.25, -0.2) is 22.2 Å². The minimum absolute atomic E-state index is 0.175. The van der Waals surface area contributed by atoms with E-state index >= 15 is 0 Å². The normalized spacial score (nSPS) is 20.3. The van der Waals surface area contributed by atoms with Gasteiger partial charge in [-0.1, -0.05) is 0 Å². The largest absolute Gasteiger partial charge is 0.471 e. The number of methoxy groups -OCH3 is 1. The first-order valence-corrected chi connectivity index (χ1v) is 8.28. The van der Waals surface area contributed by atoms with Crippen molar-refractivity contribution in [1.29, 1.82) is 0 Å². The Kier molecular flexibility index (Phi) is 5.65. The molecular formula is C13H18F2N2O4S. The fourth-order valence-electron chi connectivity index (χ4n) is 2.28. The summed E-state index contributed by atoms with van der Waals surface area (Å²) in [5.41, 5.74) is 0. The van der Waals surface area contributed by atoms with Crippen molar-refractivity contribution in [3.8, 4) is 5.88 Å². The number of alkyl halides is 2. The Hall–Kier alpha value is -1.32. The molecule has 0 amide bonds. The molecule has 1 aliphatic rings. The fraction of sp³-hybridized carbons (Fsp3) is 0.615. The van der Waals surface area contributed by atoms with Crippen LogP contribution in [0.1, 0.15) is 12.8 Å². The summed E-state index contributed by atoms with van der Waals surface area (Å²) in [6.07, 6.45) is -0.125. The summed E-state index contributed by atoms with van der Waals surface area (Å²) in [4.78, 5) is 3.56. The van der Waals surface area contributed by atoms with Gasteiger partial charge in [0.15, 0.2) is 6.61 Å². The van der Waals surface area contributed by atoms with E-state index in [0.717, 1.165) is 6.42 Å². The van der Waals surface area contributed by atoms with Crippen LogP contribution < -0.4 is 4.74 Å². The number of aromatic nitrogens is 1. The van der Waals surface area contributed by atoms with Crippen LogP contribution >= 0.6 is 0 Å². The molecule has 0 spiro atoms. The molecule has 9 heteroatoms. The monoisotopic (exact) mass is 336 g/mol. The Bertz CT molecular complexity index is 597. The van der Waals surface area contributed by atoms with Crippen LogP contribution in [0.2, 0.25) is 0 Å². The van der Waals surface area contributed by atoms with Crippen LogP contribution in [0, 0.1) is 0 Å². The third-order valence-electron chi connectivity index (χ3n) is 3.37. The molecular weight excluding hydrogens is 318 g/mol. The average molecular weight is 336 g/mol. The average Bonchev–Trinajstić information content (AvgIpc) is 2.53. The topological polar surface area (TPSA) is 68.7 Å². The van der Waals surface area contributed by atoms with Crippen molar-refractivity contribution in [2.24, 2.45) is 0 Å². The minimum atomic E-state index is -3.86. The molecule has 1 aromatic heterocycles. The van der Waals surface area contributed by atoms with E-state index in [2.05, 4.69) is 4.98 Å². The van der Waals surface area contributed by atoms with E-state index in [0.29, 0.717) is 13.0 Å². The smallest absolute Gasteiger partial charge is 0.272 e. The standard InChI is InChI=1S/C13H18F2N2O4S/c1-20-10-4-3-7-17(8-10)22(18,19)11-5-2-6-16-13(11)21-9-12(14)15/h2,5-6,10,12H,3-4,7-9H2,1H3/t10-/m1/s1. The van der Waals surface area contributed by atoms with Gasteiger partial charge in [-0.2, -0.15) is 4.31 Å². The van der Waals surface area contributed by atoms with E-state index in [1.807, 2.05) is 0 Å². The molecule has 0 unspecified atom stereocenters. The first kappa shape index (κ1) is 17.0. The molecule has 1 fully saturated rings. The molecule has 0 aliphatic carbocycles. The number of hydrogen-bond donors (Lipinski definition) is 0. The lowest BCUT2D eigenvalue weighted by atomic mass is 10.1. The number of piperidine rings is 1. The molecule has 0 bridgehead atoms. The number of nitrogens with zero attached hydrogens (tertiary/aromatic N) is 2. The van der Waals surface area contributed by atoms with Crippen LogP contribution in [0.5, 0.6) is 5.88 Å². The Morgan fingerprint density at radius 1 is 1.50 bits per heavy atom. The number of pyridine rings is 1. The summed E-state index contributed by atoms with van der Waals surface area (Å²) in [5.74, 6) is -0.303. The molecule has 1 aromatic rings. The van der Waals surface area contributed by atoms with E-state index in [9.17, 15) is 17.2 Å². The van der Waals surface area contributed by atoms with Gasteiger partial charge in [-0.3, -0.25) is 0 Å². The lowest BCUT2D eigenvalue weighted by molar-refractivity contribution is 0.0569. The zero-order valence-electron chi connectivity index (χ0n) is 12.1. The SMILES string of the molecule is CO[C@@H]1CCCN(S(=O)(=O)c2cccnc2OCC(F)F)C1. The van der Waals surface area contributed by atoms with Gasteiger partial charge >= 0.3 is 0 Å². The number of halogens is 2. The molecule has 2 heterocycles. The van der Waals surface area contributed by atoms with Crippen molar-refractivity contribution in [1.82, 2.24) is 9.29 Å². The molecule has 1 atom stereocenters. The molecule has 1 saturated heterocycles. The molecule has 0 aromatic carbocycles. The summed E-state index contributed by atoms with van der Waals surface area (Å²) >= 11 is 0. The molecule has 0 radical (unpaired) electrons. The maximum absolute atomic E-state index is 12.7. The van der Waals surface area contributed by atoms with Gasteiger partial charge < -0.3 is 9.47 Å². The van der Waals surface area contributed by atoms with Crippen LogP contribution in [0.15, 0.2) is 23.2 Å². The molecule has 22 heavy (non-hydrogen) atoms. The van der Waals surface area contributed by atoms with E-state index in [-0.39, 0.29) is 23.4 Å². The highest BCUT2D eigenvalue weighted by Crippen LogP contribution is 2.27. The van der Waals surface area contributed by atoms with Gasteiger partial charge in [0.05, 0.1) is 6.10 Å². The molecule has 0 saturated carbocycles. The highest BCUT2D eigenvalue weighted by atomic mass is 32.2. The van der Waals surface area contributed by atoms with Crippen LogP contribution in [-0.4, -0.2) is 57.0 Å². The summed E-state index contributed by atoms with van der Waals surface area (Å²) in [7, 11) is -2.33. The number of hydrogen-bond acceptors (Lipinski definition) is 5. The zero-order valence-corrected chi connectivity index (χ0v) is 12.9. The molecule has 2 rings (SSSR count). The zero-order chi connectivity index (χ0) is 16.2. The lowest BCUT2D eigenvalue weighted by Crippen LogP contribution is -2.42. The summed E-state index contributed by atoms with van der Waals surface area (Å²) in [5, 5.41) is 0. The Morgan fingerprint density at radius 3 is 2.95 bits per heavy atom. The van der Waals surface area contributed by atoms with Crippen molar-refractivity contribution >= 4 is 10.0 Å². The predicted octanol–water partition coefficient (Wildman–Crippen LogP) is 1.53. The van der Waals surface area contributed by atoms with Gasteiger partial charge in [0.1, 0.15) is 4.90 Å². The second kappa shape index (κ2) is 7.30. The quantitative estimate of drug-likeness (QED) is 0.788. The predicted molar refractivity (Wildman–Crippen MR) is 74.5 cm³/mol. The van der Waals surface area contributed by atoms with E-state index in [1.165, 1.54) is 29.7 Å². The number of sulfonamides is 1. The number of ether oxygens (including phenoxy) is 2. The van der Waals surface area contributed by atoms with Crippen LogP contribution in [-0.2, 0) is 14.8 Å². The van der Waals surface area contributed by atoms with Gasteiger partial charge in [0, 0.05) is 26.4 Å². The van der Waals surface area contributed by atoms with E-state index in [1.54, 1.807) is 0 Å². The molecule has 6 nitrogen and oxygen atoms in total. The second-order valence-electron chi connectivity index (χ2n) is 4.87. The maximum Gasteiger partial charge on any atom is 0.272 e. The minimum Gasteiger partial charge on any atom is -0.471 e. The van der Waals surface area contributed by atoms with E-state index < -0.39 is 23.1 Å². The summed E-state index contributed by atoms with van der Waals surface area (Å²) < 4.78 is 61.2. The first-order valence-electron chi connectivity index (χ1n) is 6.84. The highest BCUT2D eigenvalue weighted by Gasteiger charge is 2.33. The van der Waals surface area contributed by atoms with Crippen molar-refractivity contribution in [3.05, 3.63) is 18.3 Å². The van der Waals surface area contributed by atoms with Crippen molar-refractivity contribution < 1.29 is 26.7 Å². The van der Waals surface area contributed by atoms with Gasteiger partial charge in [0.25, 0.3) is 6.43 Å². The van der Waals surface area contributed by atoms with Gasteiger partial charge in [-0.05, 0) is 25.0 Å². The highest BCUT2D eigenvalue weighted by molar-refractivity contribution is 7.89.